The number of anilines is 1. The van der Waals surface area contributed by atoms with Crippen molar-refractivity contribution in [2.75, 3.05) is 18.4 Å². The molecule has 0 spiro atoms. The number of amides is 1. The highest BCUT2D eigenvalue weighted by Crippen LogP contribution is 2.25. The summed E-state index contributed by atoms with van der Waals surface area (Å²) in [5.41, 5.74) is 2.83. The number of halogens is 1. The van der Waals surface area contributed by atoms with Gasteiger partial charge < -0.3 is 5.32 Å². The molecular weight excluding hydrogens is 503 g/mol. The third kappa shape index (κ3) is 6.55. The third-order valence-corrected chi connectivity index (χ3v) is 8.75. The standard InChI is InChI=1S/C30H33FN2O4S/c1-30(2,3)25-13-11-21(12-14-25)28(34)23-8-6-9-26(19-23)32-29(35)22-15-17-33(18-16-22)38(36,37)20-24-7-4-5-10-27(24)31/h4-14,19,22H,15-18,20H2,1-3H3,(H,32,35). The van der Waals surface area contributed by atoms with Gasteiger partial charge in [-0.3, -0.25) is 9.59 Å². The number of sulfonamides is 1. The van der Waals surface area contributed by atoms with Crippen molar-refractivity contribution in [3.05, 3.63) is 101 Å². The molecule has 1 heterocycles. The Morgan fingerprint density at radius 3 is 2.21 bits per heavy atom. The minimum Gasteiger partial charge on any atom is -0.326 e. The van der Waals surface area contributed by atoms with Crippen LogP contribution in [0.1, 0.15) is 60.7 Å². The van der Waals surface area contributed by atoms with Gasteiger partial charge in [0.1, 0.15) is 5.82 Å². The molecule has 3 aromatic carbocycles. The third-order valence-electron chi connectivity index (χ3n) is 6.92. The number of piperidine rings is 1. The van der Waals surface area contributed by atoms with E-state index in [1.807, 2.05) is 24.3 Å². The second-order valence-electron chi connectivity index (χ2n) is 10.7. The van der Waals surface area contributed by atoms with Crippen molar-refractivity contribution in [1.29, 1.82) is 0 Å². The molecule has 4 rings (SSSR count). The maximum absolute atomic E-state index is 13.9. The van der Waals surface area contributed by atoms with Crippen molar-refractivity contribution < 1.29 is 22.4 Å². The first kappa shape index (κ1) is 27.7. The van der Waals surface area contributed by atoms with E-state index >= 15 is 0 Å². The van der Waals surface area contributed by atoms with E-state index in [4.69, 9.17) is 0 Å². The molecular formula is C30H33FN2O4S. The highest BCUT2D eigenvalue weighted by Gasteiger charge is 2.31. The maximum Gasteiger partial charge on any atom is 0.227 e. The topological polar surface area (TPSA) is 83.6 Å². The summed E-state index contributed by atoms with van der Waals surface area (Å²) >= 11 is 0. The first-order valence-electron chi connectivity index (χ1n) is 12.7. The zero-order valence-corrected chi connectivity index (χ0v) is 22.7. The largest absolute Gasteiger partial charge is 0.326 e. The van der Waals surface area contributed by atoms with Crippen LogP contribution < -0.4 is 5.32 Å². The van der Waals surface area contributed by atoms with Gasteiger partial charge in [-0.05, 0) is 42.0 Å². The molecule has 200 valence electrons. The Hall–Kier alpha value is -3.36. The predicted molar refractivity (Wildman–Crippen MR) is 147 cm³/mol. The zero-order valence-electron chi connectivity index (χ0n) is 21.9. The fourth-order valence-corrected chi connectivity index (χ4v) is 6.15. The van der Waals surface area contributed by atoms with Crippen molar-refractivity contribution in [3.8, 4) is 0 Å². The van der Waals surface area contributed by atoms with Gasteiger partial charge in [-0.15, -0.1) is 0 Å². The van der Waals surface area contributed by atoms with Crippen LogP contribution in [0.2, 0.25) is 0 Å². The highest BCUT2D eigenvalue weighted by atomic mass is 32.2. The SMILES string of the molecule is CC(C)(C)c1ccc(C(=O)c2cccc(NC(=O)C3CCN(S(=O)(=O)Cc4ccccc4F)CC3)c2)cc1. The predicted octanol–water partition coefficient (Wildman–Crippen LogP) is 5.53. The van der Waals surface area contributed by atoms with Gasteiger partial charge in [-0.2, -0.15) is 0 Å². The number of ketones is 1. The minimum atomic E-state index is -3.70. The Bertz CT molecular complexity index is 1420. The average Bonchev–Trinajstić information content (AvgIpc) is 2.89. The molecule has 1 aliphatic rings. The number of benzene rings is 3. The second kappa shape index (κ2) is 11.2. The molecule has 0 aliphatic carbocycles. The maximum atomic E-state index is 13.9. The summed E-state index contributed by atoms with van der Waals surface area (Å²) in [6, 6.07) is 20.2. The molecule has 0 aromatic heterocycles. The summed E-state index contributed by atoms with van der Waals surface area (Å²) in [6.07, 6.45) is 0.724. The normalized spacial score (nSPS) is 15.3. The monoisotopic (exact) mass is 536 g/mol. The summed E-state index contributed by atoms with van der Waals surface area (Å²) in [5.74, 6) is -1.66. The molecule has 1 saturated heterocycles. The molecule has 1 N–H and O–H groups in total. The van der Waals surface area contributed by atoms with Gasteiger partial charge in [-0.25, -0.2) is 17.1 Å². The number of nitrogens with zero attached hydrogens (tertiary/aromatic N) is 1. The molecule has 0 radical (unpaired) electrons. The highest BCUT2D eigenvalue weighted by molar-refractivity contribution is 7.88. The second-order valence-corrected chi connectivity index (χ2v) is 12.7. The van der Waals surface area contributed by atoms with Crippen molar-refractivity contribution in [1.82, 2.24) is 4.31 Å². The lowest BCUT2D eigenvalue weighted by Gasteiger charge is -2.30. The van der Waals surface area contributed by atoms with Crippen molar-refractivity contribution in [3.63, 3.8) is 0 Å². The van der Waals surface area contributed by atoms with Gasteiger partial charge in [0.25, 0.3) is 0 Å². The van der Waals surface area contributed by atoms with Crippen LogP contribution in [-0.4, -0.2) is 37.5 Å². The average molecular weight is 537 g/mol. The quantitative estimate of drug-likeness (QED) is 0.402. The number of nitrogens with one attached hydrogen (secondary N) is 1. The Balaban J connectivity index is 1.35. The summed E-state index contributed by atoms with van der Waals surface area (Å²) in [7, 11) is -3.70. The van der Waals surface area contributed by atoms with Crippen LogP contribution in [0, 0.1) is 11.7 Å². The summed E-state index contributed by atoms with van der Waals surface area (Å²) in [4.78, 5) is 26.0. The van der Waals surface area contributed by atoms with E-state index in [1.165, 1.54) is 22.5 Å². The first-order chi connectivity index (χ1) is 17.9. The number of carbonyl (C=O) groups excluding carboxylic acids is 2. The van der Waals surface area contributed by atoms with Gasteiger partial charge >= 0.3 is 0 Å². The molecule has 1 amide bonds. The smallest absolute Gasteiger partial charge is 0.227 e. The van der Waals surface area contributed by atoms with Crippen LogP contribution in [0.4, 0.5) is 10.1 Å². The Morgan fingerprint density at radius 2 is 1.58 bits per heavy atom. The molecule has 1 aliphatic heterocycles. The van der Waals surface area contributed by atoms with Crippen molar-refractivity contribution in [2.24, 2.45) is 5.92 Å². The van der Waals surface area contributed by atoms with Gasteiger partial charge in [0.2, 0.25) is 15.9 Å². The Morgan fingerprint density at radius 1 is 0.921 bits per heavy atom. The van der Waals surface area contributed by atoms with E-state index in [2.05, 4.69) is 26.1 Å². The van der Waals surface area contributed by atoms with Crippen LogP contribution in [0.3, 0.4) is 0 Å². The molecule has 8 heteroatoms. The number of carbonyl (C=O) groups is 2. The zero-order chi connectivity index (χ0) is 27.5. The van der Waals surface area contributed by atoms with Crippen LogP contribution in [0.25, 0.3) is 0 Å². The van der Waals surface area contributed by atoms with E-state index in [1.54, 1.807) is 30.3 Å². The molecule has 6 nitrogen and oxygen atoms in total. The molecule has 0 unspecified atom stereocenters. The van der Waals surface area contributed by atoms with Gasteiger partial charge in [-0.1, -0.05) is 75.4 Å². The molecule has 1 fully saturated rings. The Labute approximate surface area is 223 Å². The van der Waals surface area contributed by atoms with Crippen molar-refractivity contribution >= 4 is 27.4 Å². The minimum absolute atomic E-state index is 0.00801. The number of hydrogen-bond acceptors (Lipinski definition) is 4. The lowest BCUT2D eigenvalue weighted by molar-refractivity contribution is -0.120. The summed E-state index contributed by atoms with van der Waals surface area (Å²) in [6.45, 7) is 6.73. The van der Waals surface area contributed by atoms with Crippen molar-refractivity contribution in [2.45, 2.75) is 44.8 Å². The van der Waals surface area contributed by atoms with Crippen LogP contribution >= 0.6 is 0 Å². The van der Waals surface area contributed by atoms with E-state index in [0.717, 1.165) is 5.56 Å². The van der Waals surface area contributed by atoms with Crippen LogP contribution in [0.5, 0.6) is 0 Å². The first-order valence-corrected chi connectivity index (χ1v) is 14.3. The molecule has 0 bridgehead atoms. The molecule has 0 atom stereocenters. The van der Waals surface area contributed by atoms with Gasteiger partial charge in [0.05, 0.1) is 5.75 Å². The van der Waals surface area contributed by atoms with Gasteiger partial charge in [0.15, 0.2) is 5.78 Å². The molecule has 3 aromatic rings. The van der Waals surface area contributed by atoms with E-state index in [-0.39, 0.29) is 41.7 Å². The molecule has 38 heavy (non-hydrogen) atoms. The Kier molecular flexibility index (Phi) is 8.13. The van der Waals surface area contributed by atoms with Crippen LogP contribution in [0.15, 0.2) is 72.8 Å². The fraction of sp³-hybridized carbons (Fsp3) is 0.333. The van der Waals surface area contributed by atoms with E-state index in [9.17, 15) is 22.4 Å². The number of hydrogen-bond donors (Lipinski definition) is 1. The summed E-state index contributed by atoms with van der Waals surface area (Å²) < 4.78 is 40.8. The van der Waals surface area contributed by atoms with E-state index in [0.29, 0.717) is 29.7 Å². The number of rotatable bonds is 7. The van der Waals surface area contributed by atoms with Gasteiger partial charge in [0, 0.05) is 41.4 Å². The fourth-order valence-electron chi connectivity index (χ4n) is 4.57. The van der Waals surface area contributed by atoms with Crippen LogP contribution in [-0.2, 0) is 26.0 Å². The molecule has 0 saturated carbocycles. The summed E-state index contributed by atoms with van der Waals surface area (Å²) in [5, 5.41) is 2.88. The lowest BCUT2D eigenvalue weighted by Crippen LogP contribution is -2.42. The van der Waals surface area contributed by atoms with E-state index < -0.39 is 21.6 Å². The lowest BCUT2D eigenvalue weighted by atomic mass is 9.86.